The Morgan fingerprint density at radius 2 is 1.85 bits per heavy atom. The van der Waals surface area contributed by atoms with Crippen molar-refractivity contribution in [1.29, 1.82) is 10.5 Å². The number of aliphatic hydroxyl groups excluding tert-OH is 1. The van der Waals surface area contributed by atoms with Crippen LogP contribution in [0.15, 0.2) is 35.2 Å². The first-order valence-electron chi connectivity index (χ1n) is 6.89. The molecule has 1 heterocycles. The number of hydrogen-bond donors (Lipinski definition) is 1. The molecule has 0 aliphatic carbocycles. The van der Waals surface area contributed by atoms with Gasteiger partial charge in [-0.15, -0.1) is 0 Å². The molecule has 0 bridgehead atoms. The fraction of sp³-hybridized carbons (Fsp3) is 0.125. The minimum Gasteiger partial charge on any atom is -0.456 e. The lowest BCUT2D eigenvalue weighted by Crippen LogP contribution is -2.28. The van der Waals surface area contributed by atoms with Crippen LogP contribution < -0.4 is 4.74 Å². The van der Waals surface area contributed by atoms with Gasteiger partial charge in [0.1, 0.15) is 28.9 Å². The summed E-state index contributed by atoms with van der Waals surface area (Å²) in [5, 5.41) is 23.3. The van der Waals surface area contributed by atoms with E-state index in [0.717, 1.165) is 30.3 Å². The third kappa shape index (κ3) is 2.39. The number of alkyl halides is 2. The van der Waals surface area contributed by atoms with E-state index in [1.165, 1.54) is 6.07 Å². The predicted molar refractivity (Wildman–Crippen MR) is 79.4 cm³/mol. The van der Waals surface area contributed by atoms with Crippen molar-refractivity contribution in [2.24, 2.45) is 0 Å². The Bertz CT molecular complexity index is 1120. The molecule has 6 nitrogen and oxygen atoms in total. The van der Waals surface area contributed by atoms with E-state index in [9.17, 15) is 32.0 Å². The molecule has 26 heavy (non-hydrogen) atoms. The summed E-state index contributed by atoms with van der Waals surface area (Å²) in [5.74, 6) is -1.39. The molecule has 0 aromatic heterocycles. The van der Waals surface area contributed by atoms with E-state index in [4.69, 9.17) is 10.00 Å². The number of ether oxygens (including phenoxy) is 1. The lowest BCUT2D eigenvalue weighted by molar-refractivity contribution is -0.0377. The summed E-state index contributed by atoms with van der Waals surface area (Å²) in [6.45, 7) is 0. The Morgan fingerprint density at radius 3 is 2.46 bits per heavy atom. The van der Waals surface area contributed by atoms with Crippen LogP contribution in [0.25, 0.3) is 0 Å². The Morgan fingerprint density at radius 1 is 1.15 bits per heavy atom. The molecule has 3 rings (SSSR count). The number of nitrogens with zero attached hydrogens (tertiary/aromatic N) is 2. The maximum Gasteiger partial charge on any atom is 0.379 e. The average Bonchev–Trinajstić information content (AvgIpc) is 2.72. The first kappa shape index (κ1) is 17.7. The quantitative estimate of drug-likeness (QED) is 0.858. The number of hydrogen-bond acceptors (Lipinski definition) is 6. The molecule has 1 aliphatic rings. The largest absolute Gasteiger partial charge is 0.456 e. The minimum absolute atomic E-state index is 0.0891. The summed E-state index contributed by atoms with van der Waals surface area (Å²) in [6.07, 6.45) is -2.75. The third-order valence-electron chi connectivity index (χ3n) is 3.75. The Hall–Kier alpha value is -3.08. The number of rotatable bonds is 2. The third-order valence-corrected chi connectivity index (χ3v) is 5.62. The summed E-state index contributed by atoms with van der Waals surface area (Å²) in [6, 6.07) is 7.88. The van der Waals surface area contributed by atoms with Crippen molar-refractivity contribution in [2.45, 2.75) is 16.3 Å². The van der Waals surface area contributed by atoms with Crippen LogP contribution in [0.5, 0.6) is 11.5 Å². The van der Waals surface area contributed by atoms with Gasteiger partial charge in [0.25, 0.3) is 0 Å². The second-order valence-corrected chi connectivity index (χ2v) is 7.31. The van der Waals surface area contributed by atoms with E-state index in [2.05, 4.69) is 0 Å². The number of fused-ring (bicyclic) bond motifs is 1. The number of halogens is 3. The molecule has 0 radical (unpaired) electrons. The van der Waals surface area contributed by atoms with Crippen molar-refractivity contribution in [3.8, 4) is 23.6 Å². The molecular weight excluding hydrogens is 373 g/mol. The standard InChI is InChI=1S/C16H7F3N2O4S/c17-9-3-8(6-20)4-10(5-9)25-12-1-2-13-14(11(12)7-21)15(22)16(18,19)26(13,23)24/h1-5,15,22H. The van der Waals surface area contributed by atoms with Crippen molar-refractivity contribution in [3.63, 3.8) is 0 Å². The molecule has 10 heteroatoms. The lowest BCUT2D eigenvalue weighted by Gasteiger charge is -2.13. The first-order valence-corrected chi connectivity index (χ1v) is 8.38. The molecule has 1 atom stereocenters. The molecule has 1 N–H and O–H groups in total. The van der Waals surface area contributed by atoms with Crippen LogP contribution in [0.2, 0.25) is 0 Å². The van der Waals surface area contributed by atoms with Crippen molar-refractivity contribution in [1.82, 2.24) is 0 Å². The molecule has 0 saturated carbocycles. The summed E-state index contributed by atoms with van der Waals surface area (Å²) >= 11 is 0. The van der Waals surface area contributed by atoms with Gasteiger partial charge in [0.2, 0.25) is 9.84 Å². The molecule has 0 amide bonds. The summed E-state index contributed by atoms with van der Waals surface area (Å²) in [5.41, 5.74) is -1.50. The SMILES string of the molecule is N#Cc1cc(F)cc(Oc2ccc3c(c2C#N)C(O)C(F)(F)S3(=O)=O)c1. The molecule has 2 aromatic rings. The molecule has 1 unspecified atom stereocenters. The van der Waals surface area contributed by atoms with Crippen molar-refractivity contribution in [2.75, 3.05) is 0 Å². The molecule has 0 saturated heterocycles. The Balaban J connectivity index is 2.17. The van der Waals surface area contributed by atoms with Gasteiger partial charge in [-0.05, 0) is 24.3 Å². The van der Waals surface area contributed by atoms with E-state index >= 15 is 0 Å². The summed E-state index contributed by atoms with van der Waals surface area (Å²) in [7, 11) is -5.17. The fourth-order valence-electron chi connectivity index (χ4n) is 2.56. The smallest absolute Gasteiger partial charge is 0.379 e. The minimum atomic E-state index is -5.17. The van der Waals surface area contributed by atoms with E-state index in [1.807, 2.05) is 0 Å². The van der Waals surface area contributed by atoms with Crippen LogP contribution in [0.4, 0.5) is 13.2 Å². The Labute approximate surface area is 145 Å². The van der Waals surface area contributed by atoms with Crippen LogP contribution in [0.1, 0.15) is 22.8 Å². The summed E-state index contributed by atoms with van der Waals surface area (Å²) < 4.78 is 70.1. The number of sulfone groups is 1. The zero-order chi connectivity index (χ0) is 19.3. The monoisotopic (exact) mass is 380 g/mol. The van der Waals surface area contributed by atoms with Gasteiger partial charge in [0, 0.05) is 11.6 Å². The van der Waals surface area contributed by atoms with Crippen molar-refractivity contribution >= 4 is 9.84 Å². The maximum absolute atomic E-state index is 13.9. The summed E-state index contributed by atoms with van der Waals surface area (Å²) in [4.78, 5) is -0.879. The second-order valence-electron chi connectivity index (χ2n) is 5.32. The zero-order valence-electron chi connectivity index (χ0n) is 12.6. The highest BCUT2D eigenvalue weighted by Gasteiger charge is 2.61. The van der Waals surface area contributed by atoms with Gasteiger partial charge in [-0.2, -0.15) is 19.3 Å². The highest BCUT2D eigenvalue weighted by atomic mass is 32.2. The molecule has 1 aliphatic heterocycles. The van der Waals surface area contributed by atoms with E-state index in [-0.39, 0.29) is 17.1 Å². The topological polar surface area (TPSA) is 111 Å². The molecule has 2 aromatic carbocycles. The molecule has 132 valence electrons. The number of benzene rings is 2. The fourth-order valence-corrected chi connectivity index (χ4v) is 4.02. The van der Waals surface area contributed by atoms with Crippen molar-refractivity contribution < 1.29 is 31.4 Å². The highest BCUT2D eigenvalue weighted by molar-refractivity contribution is 7.92. The number of nitriles is 2. The van der Waals surface area contributed by atoms with E-state index < -0.39 is 43.0 Å². The van der Waals surface area contributed by atoms with Crippen LogP contribution in [0, 0.1) is 28.5 Å². The van der Waals surface area contributed by atoms with Crippen LogP contribution >= 0.6 is 0 Å². The molecule has 0 fully saturated rings. The van der Waals surface area contributed by atoms with Gasteiger partial charge in [0.15, 0.2) is 6.10 Å². The van der Waals surface area contributed by atoms with Crippen molar-refractivity contribution in [3.05, 3.63) is 52.8 Å². The average molecular weight is 380 g/mol. The van der Waals surface area contributed by atoms with Crippen LogP contribution in [-0.2, 0) is 9.84 Å². The number of aliphatic hydroxyl groups is 1. The first-order chi connectivity index (χ1) is 12.1. The lowest BCUT2D eigenvalue weighted by atomic mass is 10.0. The van der Waals surface area contributed by atoms with Gasteiger partial charge < -0.3 is 9.84 Å². The molecule has 0 spiro atoms. The van der Waals surface area contributed by atoms with E-state index in [1.54, 1.807) is 6.07 Å². The van der Waals surface area contributed by atoms with Crippen LogP contribution in [-0.4, -0.2) is 18.8 Å². The second kappa shape index (κ2) is 5.73. The normalized spacial score (nSPS) is 19.2. The van der Waals surface area contributed by atoms with Gasteiger partial charge >= 0.3 is 5.25 Å². The van der Waals surface area contributed by atoms with E-state index in [0.29, 0.717) is 0 Å². The highest BCUT2D eigenvalue weighted by Crippen LogP contribution is 2.51. The van der Waals surface area contributed by atoms with Crippen LogP contribution in [0.3, 0.4) is 0 Å². The predicted octanol–water partition coefficient (Wildman–Crippen LogP) is 2.77. The molecular formula is C16H7F3N2O4S. The maximum atomic E-state index is 13.9. The van der Waals surface area contributed by atoms with Gasteiger partial charge in [-0.3, -0.25) is 0 Å². The zero-order valence-corrected chi connectivity index (χ0v) is 13.4. The van der Waals surface area contributed by atoms with Gasteiger partial charge in [-0.1, -0.05) is 0 Å². The van der Waals surface area contributed by atoms with Gasteiger partial charge in [0.05, 0.1) is 16.5 Å². The van der Waals surface area contributed by atoms with Gasteiger partial charge in [-0.25, -0.2) is 12.8 Å². The Kier molecular flexibility index (Phi) is 3.91.